The van der Waals surface area contributed by atoms with E-state index in [1.807, 2.05) is 13.0 Å². The fourth-order valence-corrected chi connectivity index (χ4v) is 3.19. The summed E-state index contributed by atoms with van der Waals surface area (Å²) >= 11 is 4.96. The van der Waals surface area contributed by atoms with E-state index in [0.717, 1.165) is 19.8 Å². The molecule has 1 aromatic heterocycles. The van der Waals surface area contributed by atoms with Crippen LogP contribution in [0.5, 0.6) is 0 Å². The lowest BCUT2D eigenvalue weighted by Gasteiger charge is -2.09. The van der Waals surface area contributed by atoms with Gasteiger partial charge in [-0.05, 0) is 53.0 Å². The number of benzene rings is 1. The third kappa shape index (κ3) is 2.59. The van der Waals surface area contributed by atoms with Crippen molar-refractivity contribution < 1.29 is 9.50 Å². The Bertz CT molecular complexity index is 531. The highest BCUT2D eigenvalue weighted by atomic mass is 79.9. The molecular weight excluding hydrogens is 303 g/mol. The Kier molecular flexibility index (Phi) is 3.66. The first-order chi connectivity index (χ1) is 7.99. The molecule has 0 spiro atoms. The number of rotatable bonds is 2. The molecule has 17 heavy (non-hydrogen) atoms. The molecule has 1 aromatic carbocycles. The van der Waals surface area contributed by atoms with Crippen LogP contribution in [-0.2, 0) is 0 Å². The number of aliphatic hydroxyl groups excluding tert-OH is 1. The number of thiophene rings is 1. The summed E-state index contributed by atoms with van der Waals surface area (Å²) in [6, 6.07) is 6.60. The summed E-state index contributed by atoms with van der Waals surface area (Å²) in [6.07, 6.45) is -0.690. The molecular formula is C13H12BrFOS. The molecule has 1 N–H and O–H groups in total. The first kappa shape index (κ1) is 12.7. The third-order valence-electron chi connectivity index (χ3n) is 2.64. The molecule has 0 aliphatic carbocycles. The van der Waals surface area contributed by atoms with Crippen molar-refractivity contribution >= 4 is 27.3 Å². The van der Waals surface area contributed by atoms with E-state index >= 15 is 0 Å². The summed E-state index contributed by atoms with van der Waals surface area (Å²) in [4.78, 5) is 1.98. The van der Waals surface area contributed by atoms with Crippen molar-refractivity contribution in [3.8, 4) is 0 Å². The van der Waals surface area contributed by atoms with Gasteiger partial charge in [0.2, 0.25) is 0 Å². The first-order valence-electron chi connectivity index (χ1n) is 5.19. The molecule has 0 fully saturated rings. The minimum atomic E-state index is -0.690. The van der Waals surface area contributed by atoms with Crippen molar-refractivity contribution in [1.29, 1.82) is 0 Å². The molecule has 4 heteroatoms. The lowest BCUT2D eigenvalue weighted by molar-refractivity contribution is 0.224. The Morgan fingerprint density at radius 2 is 2.00 bits per heavy atom. The molecule has 0 amide bonds. The maximum absolute atomic E-state index is 13.1. The fraction of sp³-hybridized carbons (Fsp3) is 0.231. The van der Waals surface area contributed by atoms with Gasteiger partial charge in [0.25, 0.3) is 0 Å². The van der Waals surface area contributed by atoms with Gasteiger partial charge >= 0.3 is 0 Å². The topological polar surface area (TPSA) is 20.2 Å². The van der Waals surface area contributed by atoms with E-state index in [1.54, 1.807) is 19.1 Å². The second kappa shape index (κ2) is 4.88. The molecule has 1 unspecified atom stereocenters. The molecule has 1 heterocycles. The smallest absolute Gasteiger partial charge is 0.126 e. The summed E-state index contributed by atoms with van der Waals surface area (Å²) in [5.41, 5.74) is 1.27. The second-order valence-corrected chi connectivity index (χ2v) is 6.11. The Morgan fingerprint density at radius 3 is 2.53 bits per heavy atom. The average Bonchev–Trinajstić information content (AvgIpc) is 2.62. The zero-order valence-electron chi connectivity index (χ0n) is 9.50. The molecule has 0 saturated carbocycles. The zero-order chi connectivity index (χ0) is 12.6. The van der Waals surface area contributed by atoms with Crippen LogP contribution < -0.4 is 0 Å². The summed E-state index contributed by atoms with van der Waals surface area (Å²) < 4.78 is 14.1. The SMILES string of the molecule is Cc1cc(C(O)c2cc(Br)c(C)s2)ccc1F. The lowest BCUT2D eigenvalue weighted by Crippen LogP contribution is -1.98. The van der Waals surface area contributed by atoms with Crippen LogP contribution in [0, 0.1) is 19.7 Å². The quantitative estimate of drug-likeness (QED) is 0.873. The van der Waals surface area contributed by atoms with Crippen molar-refractivity contribution in [2.75, 3.05) is 0 Å². The number of hydrogen-bond donors (Lipinski definition) is 1. The van der Waals surface area contributed by atoms with Crippen LogP contribution in [0.15, 0.2) is 28.7 Å². The maximum atomic E-state index is 13.1. The minimum absolute atomic E-state index is 0.246. The van der Waals surface area contributed by atoms with E-state index < -0.39 is 6.10 Å². The third-order valence-corrected chi connectivity index (χ3v) is 4.83. The Balaban J connectivity index is 2.36. The van der Waals surface area contributed by atoms with Crippen molar-refractivity contribution in [1.82, 2.24) is 0 Å². The van der Waals surface area contributed by atoms with E-state index in [4.69, 9.17) is 0 Å². The van der Waals surface area contributed by atoms with E-state index in [0.29, 0.717) is 5.56 Å². The molecule has 0 saturated heterocycles. The summed E-state index contributed by atoms with van der Waals surface area (Å²) in [6.45, 7) is 3.68. The maximum Gasteiger partial charge on any atom is 0.126 e. The Morgan fingerprint density at radius 1 is 1.29 bits per heavy atom. The van der Waals surface area contributed by atoms with E-state index in [-0.39, 0.29) is 5.82 Å². The summed E-state index contributed by atoms with van der Waals surface area (Å²) in [5, 5.41) is 10.2. The van der Waals surface area contributed by atoms with E-state index in [1.165, 1.54) is 17.4 Å². The minimum Gasteiger partial charge on any atom is -0.383 e. The van der Waals surface area contributed by atoms with Crippen LogP contribution in [0.3, 0.4) is 0 Å². The lowest BCUT2D eigenvalue weighted by atomic mass is 10.1. The number of aryl methyl sites for hydroxylation is 2. The van der Waals surface area contributed by atoms with Crippen LogP contribution in [0.2, 0.25) is 0 Å². The molecule has 0 radical (unpaired) electrons. The van der Waals surface area contributed by atoms with Gasteiger partial charge < -0.3 is 5.11 Å². The van der Waals surface area contributed by atoms with Gasteiger partial charge in [-0.3, -0.25) is 0 Å². The van der Waals surface area contributed by atoms with E-state index in [9.17, 15) is 9.50 Å². The highest BCUT2D eigenvalue weighted by molar-refractivity contribution is 9.10. The van der Waals surface area contributed by atoms with Gasteiger partial charge in [-0.15, -0.1) is 11.3 Å². The van der Waals surface area contributed by atoms with Gasteiger partial charge in [-0.25, -0.2) is 4.39 Å². The Hall–Kier alpha value is -0.710. The van der Waals surface area contributed by atoms with Gasteiger partial charge in [-0.1, -0.05) is 12.1 Å². The molecule has 1 nitrogen and oxygen atoms in total. The summed E-state index contributed by atoms with van der Waals surface area (Å²) in [7, 11) is 0. The van der Waals surface area contributed by atoms with Gasteiger partial charge in [0, 0.05) is 14.2 Å². The van der Waals surface area contributed by atoms with Crippen molar-refractivity contribution in [2.24, 2.45) is 0 Å². The van der Waals surface area contributed by atoms with Crippen LogP contribution >= 0.6 is 27.3 Å². The normalized spacial score (nSPS) is 12.8. The van der Waals surface area contributed by atoms with Gasteiger partial charge in [0.15, 0.2) is 0 Å². The van der Waals surface area contributed by atoms with Gasteiger partial charge in [0.05, 0.1) is 0 Å². The first-order valence-corrected chi connectivity index (χ1v) is 6.80. The molecule has 90 valence electrons. The molecule has 0 aliphatic rings. The second-order valence-electron chi connectivity index (χ2n) is 3.96. The molecule has 1 atom stereocenters. The van der Waals surface area contributed by atoms with Crippen LogP contribution in [0.4, 0.5) is 4.39 Å². The predicted molar refractivity (Wildman–Crippen MR) is 72.0 cm³/mol. The number of hydrogen-bond acceptors (Lipinski definition) is 2. The highest BCUT2D eigenvalue weighted by Gasteiger charge is 2.15. The molecule has 0 aliphatic heterocycles. The van der Waals surface area contributed by atoms with Crippen molar-refractivity contribution in [2.45, 2.75) is 20.0 Å². The fourth-order valence-electron chi connectivity index (χ4n) is 1.62. The van der Waals surface area contributed by atoms with Gasteiger partial charge in [-0.2, -0.15) is 0 Å². The summed E-state index contributed by atoms with van der Waals surface area (Å²) in [5.74, 6) is -0.246. The van der Waals surface area contributed by atoms with E-state index in [2.05, 4.69) is 15.9 Å². The number of aliphatic hydroxyl groups is 1. The zero-order valence-corrected chi connectivity index (χ0v) is 11.9. The van der Waals surface area contributed by atoms with Crippen LogP contribution in [0.1, 0.15) is 27.0 Å². The van der Waals surface area contributed by atoms with Crippen molar-refractivity contribution in [3.05, 3.63) is 55.4 Å². The van der Waals surface area contributed by atoms with Crippen LogP contribution in [-0.4, -0.2) is 5.11 Å². The standard InChI is InChI=1S/C13H12BrFOS/c1-7-5-9(3-4-11(7)15)13(16)12-6-10(14)8(2)17-12/h3-6,13,16H,1-2H3. The average molecular weight is 315 g/mol. The van der Waals surface area contributed by atoms with Crippen LogP contribution in [0.25, 0.3) is 0 Å². The molecule has 2 rings (SSSR count). The van der Waals surface area contributed by atoms with Crippen molar-refractivity contribution in [3.63, 3.8) is 0 Å². The largest absolute Gasteiger partial charge is 0.383 e. The van der Waals surface area contributed by atoms with Gasteiger partial charge in [0.1, 0.15) is 11.9 Å². The Labute approximate surface area is 112 Å². The molecule has 2 aromatic rings. The predicted octanol–water partition coefficient (Wildman–Crippen LogP) is 4.35. The number of halogens is 2. The monoisotopic (exact) mass is 314 g/mol. The highest BCUT2D eigenvalue weighted by Crippen LogP contribution is 2.33. The molecule has 0 bridgehead atoms.